The van der Waals surface area contributed by atoms with Crippen LogP contribution in [-0.4, -0.2) is 41.4 Å². The van der Waals surface area contributed by atoms with E-state index in [1.165, 1.54) is 6.42 Å². The number of oxazole rings is 1. The Labute approximate surface area is 151 Å². The van der Waals surface area contributed by atoms with Crippen molar-refractivity contribution in [3.63, 3.8) is 0 Å². The number of carbonyl (C=O) groups is 1. The largest absolute Gasteiger partial charge is 0.490 e. The van der Waals surface area contributed by atoms with Gasteiger partial charge >= 0.3 is 12.1 Å². The molecule has 1 spiro atoms. The molecule has 1 aliphatic heterocycles. The summed E-state index contributed by atoms with van der Waals surface area (Å²) in [6.45, 7) is 2.02. The van der Waals surface area contributed by atoms with E-state index in [9.17, 15) is 13.2 Å². The number of carboxylic acids is 1. The molecule has 0 unspecified atom stereocenters. The summed E-state index contributed by atoms with van der Waals surface area (Å²) in [5.41, 5.74) is 7.96. The second kappa shape index (κ2) is 6.62. The zero-order chi connectivity index (χ0) is 19.1. The number of hydrogen-bond acceptors (Lipinski definition) is 5. The minimum Gasteiger partial charge on any atom is -0.475 e. The van der Waals surface area contributed by atoms with Gasteiger partial charge in [0.05, 0.1) is 0 Å². The van der Waals surface area contributed by atoms with Crippen LogP contribution in [0.3, 0.4) is 0 Å². The van der Waals surface area contributed by atoms with Gasteiger partial charge in [-0.3, -0.25) is 0 Å². The molecular formula is C16H17ClF3N3O3. The molecule has 2 aliphatic rings. The van der Waals surface area contributed by atoms with Crippen LogP contribution in [0.5, 0.6) is 0 Å². The second-order valence-corrected chi connectivity index (χ2v) is 7.19. The lowest BCUT2D eigenvalue weighted by Crippen LogP contribution is -2.47. The zero-order valence-corrected chi connectivity index (χ0v) is 14.3. The molecule has 26 heavy (non-hydrogen) atoms. The molecule has 1 aromatic carbocycles. The molecule has 6 nitrogen and oxygen atoms in total. The summed E-state index contributed by atoms with van der Waals surface area (Å²) in [6, 6.07) is 6.66. The molecule has 0 amide bonds. The van der Waals surface area contributed by atoms with Crippen LogP contribution in [-0.2, 0) is 4.79 Å². The third kappa shape index (κ3) is 3.88. The van der Waals surface area contributed by atoms with E-state index in [-0.39, 0.29) is 0 Å². The average Bonchev–Trinajstić information content (AvgIpc) is 3.10. The number of aromatic nitrogens is 1. The van der Waals surface area contributed by atoms with Crippen molar-refractivity contribution in [1.82, 2.24) is 4.98 Å². The normalized spacial score (nSPS) is 25.1. The fourth-order valence-electron chi connectivity index (χ4n) is 3.51. The summed E-state index contributed by atoms with van der Waals surface area (Å²) in [5.74, 6) is -2.76. The van der Waals surface area contributed by atoms with Crippen LogP contribution in [0, 0.1) is 5.41 Å². The number of alkyl halides is 3. The highest BCUT2D eigenvalue weighted by Crippen LogP contribution is 2.48. The third-order valence-corrected chi connectivity index (χ3v) is 4.92. The lowest BCUT2D eigenvalue weighted by atomic mass is 9.65. The van der Waals surface area contributed by atoms with Crippen LogP contribution in [0.1, 0.15) is 19.3 Å². The monoisotopic (exact) mass is 391 g/mol. The molecular weight excluding hydrogens is 375 g/mol. The van der Waals surface area contributed by atoms with Gasteiger partial charge < -0.3 is 20.2 Å². The Balaban J connectivity index is 0.000000242. The summed E-state index contributed by atoms with van der Waals surface area (Å²) >= 11 is 5.97. The highest BCUT2D eigenvalue weighted by Gasteiger charge is 2.47. The first kappa shape index (κ1) is 18.8. The van der Waals surface area contributed by atoms with Gasteiger partial charge in [0.15, 0.2) is 5.58 Å². The fraction of sp³-hybridized carbons (Fsp3) is 0.500. The fourth-order valence-corrected chi connectivity index (χ4v) is 3.67. The van der Waals surface area contributed by atoms with Crippen LogP contribution >= 0.6 is 11.6 Å². The van der Waals surface area contributed by atoms with Crippen molar-refractivity contribution in [2.45, 2.75) is 31.5 Å². The number of carboxylic acid groups (broad SMARTS) is 1. The zero-order valence-electron chi connectivity index (χ0n) is 13.6. The van der Waals surface area contributed by atoms with Crippen molar-refractivity contribution in [2.75, 3.05) is 18.0 Å². The first-order valence-corrected chi connectivity index (χ1v) is 8.33. The highest BCUT2D eigenvalue weighted by molar-refractivity contribution is 6.31. The smallest absolute Gasteiger partial charge is 0.475 e. The molecule has 1 aliphatic carbocycles. The van der Waals surface area contributed by atoms with Gasteiger partial charge in [-0.15, -0.1) is 0 Å². The van der Waals surface area contributed by atoms with E-state index in [1.54, 1.807) is 0 Å². The van der Waals surface area contributed by atoms with Crippen LogP contribution < -0.4 is 10.6 Å². The van der Waals surface area contributed by atoms with E-state index in [1.807, 2.05) is 18.2 Å². The number of nitrogens with zero attached hydrogens (tertiary/aromatic N) is 2. The van der Waals surface area contributed by atoms with Gasteiger partial charge in [0.2, 0.25) is 0 Å². The van der Waals surface area contributed by atoms with Gasteiger partial charge in [-0.2, -0.15) is 18.2 Å². The molecule has 0 atom stereocenters. The molecule has 3 N–H and O–H groups in total. The van der Waals surface area contributed by atoms with Gasteiger partial charge in [0, 0.05) is 30.2 Å². The van der Waals surface area contributed by atoms with E-state index < -0.39 is 12.1 Å². The maximum Gasteiger partial charge on any atom is 0.490 e. The Morgan fingerprint density at radius 2 is 2.08 bits per heavy atom. The lowest BCUT2D eigenvalue weighted by molar-refractivity contribution is -0.192. The van der Waals surface area contributed by atoms with Crippen molar-refractivity contribution < 1.29 is 27.5 Å². The molecule has 0 bridgehead atoms. The van der Waals surface area contributed by atoms with Crippen LogP contribution in [0.2, 0.25) is 5.02 Å². The number of benzene rings is 1. The van der Waals surface area contributed by atoms with Gasteiger partial charge in [-0.1, -0.05) is 11.6 Å². The average molecular weight is 392 g/mol. The number of halogens is 4. The van der Waals surface area contributed by atoms with E-state index >= 15 is 0 Å². The third-order valence-electron chi connectivity index (χ3n) is 4.68. The standard InChI is InChI=1S/C14H16ClN3O.C2HF3O2/c15-9-1-2-11-12(5-9)19-13(17-11)18-4-3-14(8-18)6-10(16)7-14;3-2(4,5)1(6)7/h1-2,5,10H,3-4,6-8,16H2;(H,6,7). The summed E-state index contributed by atoms with van der Waals surface area (Å²) in [6.07, 6.45) is -1.62. The van der Waals surface area contributed by atoms with Crippen molar-refractivity contribution in [3.05, 3.63) is 23.2 Å². The number of nitrogens with two attached hydrogens (primary N) is 1. The van der Waals surface area contributed by atoms with Crippen molar-refractivity contribution in [2.24, 2.45) is 11.1 Å². The highest BCUT2D eigenvalue weighted by atomic mass is 35.5. The molecule has 1 saturated heterocycles. The Hall–Kier alpha value is -2.00. The van der Waals surface area contributed by atoms with E-state index in [4.69, 9.17) is 31.7 Å². The maximum absolute atomic E-state index is 10.6. The SMILES string of the molecule is NC1CC2(CCN(c3nc4ccc(Cl)cc4o3)C2)C1.O=C(O)C(F)(F)F. The first-order chi connectivity index (χ1) is 12.1. The molecule has 2 aromatic rings. The quantitative estimate of drug-likeness (QED) is 0.773. The van der Waals surface area contributed by atoms with Crippen molar-refractivity contribution in [3.8, 4) is 0 Å². The maximum atomic E-state index is 10.6. The predicted molar refractivity (Wildman–Crippen MR) is 89.2 cm³/mol. The van der Waals surface area contributed by atoms with E-state index in [0.29, 0.717) is 16.5 Å². The Morgan fingerprint density at radius 1 is 1.42 bits per heavy atom. The van der Waals surface area contributed by atoms with Crippen LogP contribution in [0.25, 0.3) is 11.1 Å². The number of hydrogen-bond donors (Lipinski definition) is 2. The Bertz CT molecular complexity index is 818. The van der Waals surface area contributed by atoms with Crippen molar-refractivity contribution >= 4 is 34.7 Å². The first-order valence-electron chi connectivity index (χ1n) is 7.95. The molecule has 2 heterocycles. The number of anilines is 1. The number of aliphatic carboxylic acids is 1. The Kier molecular flexibility index (Phi) is 4.78. The number of fused-ring (bicyclic) bond motifs is 1. The molecule has 142 valence electrons. The topological polar surface area (TPSA) is 92.6 Å². The summed E-state index contributed by atoms with van der Waals surface area (Å²) in [7, 11) is 0. The van der Waals surface area contributed by atoms with E-state index in [0.717, 1.165) is 43.0 Å². The summed E-state index contributed by atoms with van der Waals surface area (Å²) in [4.78, 5) is 15.7. The van der Waals surface area contributed by atoms with Crippen LogP contribution in [0.15, 0.2) is 22.6 Å². The summed E-state index contributed by atoms with van der Waals surface area (Å²) in [5, 5.41) is 7.80. The minimum absolute atomic E-state index is 0.391. The number of rotatable bonds is 1. The second-order valence-electron chi connectivity index (χ2n) is 6.75. The van der Waals surface area contributed by atoms with Gasteiger partial charge in [0.1, 0.15) is 5.52 Å². The lowest BCUT2D eigenvalue weighted by Gasteiger charge is -2.43. The summed E-state index contributed by atoms with van der Waals surface area (Å²) < 4.78 is 37.6. The van der Waals surface area contributed by atoms with E-state index in [2.05, 4.69) is 9.88 Å². The molecule has 1 aromatic heterocycles. The molecule has 4 rings (SSSR count). The van der Waals surface area contributed by atoms with Gasteiger partial charge in [-0.25, -0.2) is 4.79 Å². The molecule has 0 radical (unpaired) electrons. The van der Waals surface area contributed by atoms with Gasteiger partial charge in [0.25, 0.3) is 6.01 Å². The predicted octanol–water partition coefficient (Wildman–Crippen LogP) is 3.43. The molecule has 10 heteroatoms. The Morgan fingerprint density at radius 3 is 2.65 bits per heavy atom. The van der Waals surface area contributed by atoms with Crippen LogP contribution in [0.4, 0.5) is 19.2 Å². The molecule has 2 fully saturated rings. The van der Waals surface area contributed by atoms with Crippen molar-refractivity contribution in [1.29, 1.82) is 0 Å². The minimum atomic E-state index is -5.08. The molecule has 1 saturated carbocycles. The van der Waals surface area contributed by atoms with Gasteiger partial charge in [-0.05, 0) is 36.8 Å².